The van der Waals surface area contributed by atoms with Crippen molar-refractivity contribution in [3.63, 3.8) is 0 Å². The minimum Gasteiger partial charge on any atom is -0.493 e. The summed E-state index contributed by atoms with van der Waals surface area (Å²) in [5.41, 5.74) is 21.4. The number of thioether (sulfide) groups is 1. The molecule has 8 aliphatic rings. The first-order chi connectivity index (χ1) is 71.2. The molecule has 0 spiro atoms. The number of esters is 2. The van der Waals surface area contributed by atoms with Crippen molar-refractivity contribution < 1.29 is 85.6 Å². The van der Waals surface area contributed by atoms with E-state index in [-0.39, 0.29) is 95.7 Å². The van der Waals surface area contributed by atoms with Gasteiger partial charge in [0.15, 0.2) is 23.0 Å². The Balaban J connectivity index is 0.000000196. The van der Waals surface area contributed by atoms with Gasteiger partial charge in [-0.2, -0.15) is 24.4 Å². The molecule has 0 saturated carbocycles. The molecule has 147 heavy (non-hydrogen) atoms. The van der Waals surface area contributed by atoms with Gasteiger partial charge in [0.05, 0.1) is 103 Å². The molecule has 0 fully saturated rings. The highest BCUT2D eigenvalue weighted by Gasteiger charge is 2.43. The quantitative estimate of drug-likeness (QED) is 0.0161. The normalized spacial score (nSPS) is 16.3. The number of aliphatic imine (C=N–C) groups is 2. The average Bonchev–Trinajstić information content (AvgIpc) is 1.62. The molecule has 0 unspecified atom stereocenters. The number of methoxy groups -OCH3 is 4. The van der Waals surface area contributed by atoms with Crippen molar-refractivity contribution in [2.75, 3.05) is 148 Å². The summed E-state index contributed by atoms with van der Waals surface area (Å²) in [5, 5.41) is 0.863. The van der Waals surface area contributed by atoms with E-state index >= 15 is 0 Å². The molecule has 10 aromatic carbocycles. The molecule has 18 rings (SSSR count). The molecule has 776 valence electrons. The molecule has 26 nitrogen and oxygen atoms in total. The van der Waals surface area contributed by atoms with Crippen LogP contribution in [-0.2, 0) is 103 Å². The van der Waals surface area contributed by atoms with Crippen LogP contribution in [0.5, 0.6) is 34.5 Å². The number of thiol groups is 1. The number of para-hydroxylation sites is 4. The third-order valence-electron chi connectivity index (χ3n) is 27.6. The lowest BCUT2D eigenvalue weighted by molar-refractivity contribution is -0.141. The van der Waals surface area contributed by atoms with Gasteiger partial charge in [0, 0.05) is 162 Å². The molecule has 0 N–H and O–H groups in total. The van der Waals surface area contributed by atoms with Gasteiger partial charge >= 0.3 is 11.9 Å². The molecule has 4 atom stereocenters. The predicted octanol–water partition coefficient (Wildman–Crippen LogP) is 21.9. The number of ether oxygens (including phenoxy) is 12. The number of aryl methyl sites for hydroxylation is 4. The second-order valence-electron chi connectivity index (χ2n) is 39.6. The van der Waals surface area contributed by atoms with E-state index in [0.717, 1.165) is 184 Å². The van der Waals surface area contributed by atoms with Gasteiger partial charge in [-0.05, 0) is 275 Å². The van der Waals surface area contributed by atoms with Crippen molar-refractivity contribution in [1.29, 1.82) is 0 Å². The summed E-state index contributed by atoms with van der Waals surface area (Å²) < 4.78 is 70.8. The summed E-state index contributed by atoms with van der Waals surface area (Å²) in [6, 6.07) is 60.5. The Morgan fingerprint density at radius 3 is 1.18 bits per heavy atom. The van der Waals surface area contributed by atoms with Gasteiger partial charge in [-0.1, -0.05) is 103 Å². The van der Waals surface area contributed by atoms with Crippen LogP contribution in [0.4, 0.5) is 45.5 Å². The number of benzene rings is 10. The molecule has 10 aromatic rings. The molecule has 0 bridgehead atoms. The fourth-order valence-corrected chi connectivity index (χ4v) is 22.0. The van der Waals surface area contributed by atoms with Crippen LogP contribution in [0.2, 0.25) is 0 Å². The van der Waals surface area contributed by atoms with Gasteiger partial charge in [-0.25, -0.2) is 0 Å². The van der Waals surface area contributed by atoms with Crippen LogP contribution in [0, 0.1) is 13.8 Å². The largest absolute Gasteiger partial charge is 0.493 e. The zero-order valence-electron chi connectivity index (χ0n) is 86.6. The Hall–Kier alpha value is -12.2. The van der Waals surface area contributed by atoms with E-state index < -0.39 is 0 Å². The molecular formula is C118H137BrN8O18S2. The number of nitrogens with zero attached hydrogens (tertiary/aromatic N) is 8. The minimum absolute atomic E-state index is 0.00135. The molecule has 0 radical (unpaired) electrons. The summed E-state index contributed by atoms with van der Waals surface area (Å²) in [5.74, 6) is 3.78. The third kappa shape index (κ3) is 26.6. The second-order valence-corrected chi connectivity index (χ2v) is 43.4. The van der Waals surface area contributed by atoms with Crippen molar-refractivity contribution in [2.24, 2.45) is 9.98 Å². The summed E-state index contributed by atoms with van der Waals surface area (Å²) in [7, 11) is 6.05. The first-order valence-corrected chi connectivity index (χ1v) is 53.9. The molecular weight excluding hydrogens is 1960 g/mol. The van der Waals surface area contributed by atoms with Gasteiger partial charge in [0.2, 0.25) is 0 Å². The van der Waals surface area contributed by atoms with Crippen LogP contribution >= 0.6 is 40.3 Å². The van der Waals surface area contributed by atoms with Crippen LogP contribution < -0.4 is 57.8 Å². The number of hydrogen-bond donors (Lipinski definition) is 1. The Bertz CT molecular complexity index is 6440. The van der Waals surface area contributed by atoms with Crippen LogP contribution in [0.1, 0.15) is 201 Å². The number of fused-ring (bicyclic) bond motifs is 16. The van der Waals surface area contributed by atoms with Gasteiger partial charge in [-0.15, -0.1) is 0 Å². The monoisotopic (exact) mass is 2100 g/mol. The molecule has 0 aromatic heterocycles. The summed E-state index contributed by atoms with van der Waals surface area (Å²) in [6.07, 6.45) is 14.5. The molecule has 8 aliphatic heterocycles. The van der Waals surface area contributed by atoms with Crippen molar-refractivity contribution in [3.05, 3.63) is 271 Å². The number of hydrogen-bond acceptors (Lipinski definition) is 24. The minimum atomic E-state index is -0.314. The van der Waals surface area contributed by atoms with Crippen LogP contribution in [0.25, 0.3) is 0 Å². The maximum Gasteiger partial charge on any atom is 0.305 e. The number of alkyl halides is 1. The summed E-state index contributed by atoms with van der Waals surface area (Å²) in [6.45, 7) is 24.8. The number of anilines is 6. The topological polar surface area (TPSA) is 257 Å². The fraction of sp³-hybridized carbons (Fsp3) is 0.424. The van der Waals surface area contributed by atoms with E-state index in [1.165, 1.54) is 25.3 Å². The van der Waals surface area contributed by atoms with Gasteiger partial charge in [0.25, 0.3) is 23.6 Å². The predicted molar refractivity (Wildman–Crippen MR) is 589 cm³/mol. The summed E-state index contributed by atoms with van der Waals surface area (Å²) >= 11 is 9.98. The van der Waals surface area contributed by atoms with E-state index in [2.05, 4.69) is 133 Å². The van der Waals surface area contributed by atoms with Crippen molar-refractivity contribution >= 4 is 134 Å². The van der Waals surface area contributed by atoms with Crippen LogP contribution in [0.3, 0.4) is 0 Å². The Morgan fingerprint density at radius 1 is 0.422 bits per heavy atom. The lowest BCUT2D eigenvalue weighted by Crippen LogP contribution is -2.39. The average molecular weight is 2100 g/mol. The Labute approximate surface area is 882 Å². The number of carbonyl (C=O) groups is 6. The van der Waals surface area contributed by atoms with E-state index in [0.29, 0.717) is 153 Å². The van der Waals surface area contributed by atoms with Crippen LogP contribution in [-0.4, -0.2) is 200 Å². The smallest absolute Gasteiger partial charge is 0.305 e. The van der Waals surface area contributed by atoms with E-state index in [4.69, 9.17) is 74.7 Å². The zero-order valence-corrected chi connectivity index (χ0v) is 89.9. The number of carbonyl (C=O) groups excluding carboxylic acids is 6. The number of amides is 4. The SMILES string of the molecule is CCCOCCOCCN(CC(C)(C)S)c1cc(COc2cc3c(cc2C)C(=O)N2c4ccccc4C[C@H]2C=N3)cc(COc2cc3c(cc2OC)C(=O)N2c4ccccc4C[C@H]2CC3)c1.CCCOCCOCCN(CC(C)(C)SCCCC(=O)OC)c1cc(COc2cc3c(cc2C)C(=O)N2c4ccccc4C[C@H]2C=N3)cc(COc2cc3c(cc2OC)C(=O)N2c4ccccc4C[C@H]2CC3)c1.COC(=O)CCCBr. The number of rotatable bonds is 44. The second kappa shape index (κ2) is 50.2. The highest BCUT2D eigenvalue weighted by atomic mass is 79.9. The molecule has 29 heteroatoms. The number of halogens is 1. The van der Waals surface area contributed by atoms with E-state index in [9.17, 15) is 28.8 Å². The Morgan fingerprint density at radius 2 is 0.789 bits per heavy atom. The van der Waals surface area contributed by atoms with Gasteiger partial charge in [0.1, 0.15) is 37.9 Å². The first kappa shape index (κ1) is 108. The highest BCUT2D eigenvalue weighted by molar-refractivity contribution is 9.09. The summed E-state index contributed by atoms with van der Waals surface area (Å²) in [4.78, 5) is 101. The maximum atomic E-state index is 14.3. The third-order valence-corrected chi connectivity index (χ3v) is 29.7. The molecule has 8 heterocycles. The first-order valence-electron chi connectivity index (χ1n) is 51.3. The molecule has 4 amide bonds. The fourth-order valence-electron chi connectivity index (χ4n) is 20.5. The van der Waals surface area contributed by atoms with Gasteiger partial charge < -0.3 is 76.4 Å². The van der Waals surface area contributed by atoms with Crippen molar-refractivity contribution in [2.45, 2.75) is 205 Å². The van der Waals surface area contributed by atoms with E-state index in [1.807, 2.05) is 179 Å². The zero-order chi connectivity index (χ0) is 103. The van der Waals surface area contributed by atoms with Crippen molar-refractivity contribution in [3.8, 4) is 34.5 Å². The molecule has 0 aliphatic carbocycles. The standard InChI is InChI=1S/C59H68N4O9S.C54H60N4O7S.C5H9BrO2/c1-7-21-69-23-24-70-22-20-61(38-59(3,4)73-25-12-17-56(64)68-6)46-28-40(36-71-53-34-50-49(26-39(53)2)58(66)63-47(35-60-50)31-44-14-9-11-16-52(44)63)27-41(29-46)37-72-55-32-42-18-19-45-30-43-13-8-10-15-51(43)62(45)57(65)48(42)33-54(55)67-5;1-6-18-62-20-21-63-19-17-56(34-54(3,4)66)42-24-36(32-64-49-30-46-45(22-35(49)2)53(60)58-43(31-55-46)27-40-12-8-10-14-48(40)58)23-37(25-42)33-65-51-28-38-15-16-41-26-39-11-7-9-13-47(39)57(41)52(59)44(38)29-50(51)61-5;1-8-5(7)3-2-4-6/h8-11,13-16,26-29,32-35,45,47H,7,12,17-25,30-31,36-38H2,1-6H3;7-14,22-25,28-31,41,43,66H,6,15-21,26-27,32-34H2,1-5H3;2-4H2,1H3/t45-,47+;41-,43+;/m11./s1. The van der Waals surface area contributed by atoms with Gasteiger partial charge in [-0.3, -0.25) is 48.6 Å². The maximum absolute atomic E-state index is 14.3. The van der Waals surface area contributed by atoms with Crippen molar-refractivity contribution in [1.82, 2.24) is 0 Å². The Kier molecular flexibility index (Phi) is 36.7. The molecule has 0 saturated heterocycles. The van der Waals surface area contributed by atoms with E-state index in [1.54, 1.807) is 14.2 Å². The van der Waals surface area contributed by atoms with Crippen LogP contribution in [0.15, 0.2) is 192 Å². The lowest BCUT2D eigenvalue weighted by atomic mass is 9.99. The highest BCUT2D eigenvalue weighted by Crippen LogP contribution is 2.47. The lowest BCUT2D eigenvalue weighted by Gasteiger charge is -2.34.